The highest BCUT2D eigenvalue weighted by Crippen LogP contribution is 2.41. The second-order valence-electron chi connectivity index (χ2n) is 17.9. The lowest BCUT2D eigenvalue weighted by Crippen LogP contribution is -1.95. The summed E-state index contributed by atoms with van der Waals surface area (Å²) in [6.45, 7) is 0. The van der Waals surface area contributed by atoms with Gasteiger partial charge >= 0.3 is 0 Å². The van der Waals surface area contributed by atoms with Crippen molar-refractivity contribution in [3.8, 4) is 56.1 Å². The van der Waals surface area contributed by atoms with Crippen LogP contribution >= 0.6 is 0 Å². The summed E-state index contributed by atoms with van der Waals surface area (Å²) in [4.78, 5) is 5.20. The molecule has 316 valence electrons. The van der Waals surface area contributed by atoms with Gasteiger partial charge in [0.1, 0.15) is 0 Å². The molecule has 3 nitrogen and oxygen atoms in total. The average Bonchev–Trinajstić information content (AvgIpc) is 3.93. The number of nitrogens with zero attached hydrogens (tertiary/aromatic N) is 3. The maximum atomic E-state index is 5.20. The van der Waals surface area contributed by atoms with E-state index in [1.165, 1.54) is 92.6 Å². The molecule has 14 aromatic rings. The van der Waals surface area contributed by atoms with Crippen molar-refractivity contribution in [2.45, 2.75) is 0 Å². The van der Waals surface area contributed by atoms with Crippen molar-refractivity contribution in [2.24, 2.45) is 0 Å². The molecule has 0 saturated heterocycles. The van der Waals surface area contributed by atoms with Crippen LogP contribution in [0.4, 0.5) is 0 Å². The fourth-order valence-corrected chi connectivity index (χ4v) is 10.9. The van der Waals surface area contributed by atoms with E-state index in [4.69, 9.17) is 4.98 Å². The summed E-state index contributed by atoms with van der Waals surface area (Å²) in [5.74, 6) is 0. The molecule has 3 heteroatoms. The standard InChI is InChI=1S/C65H41N3/c1-3-15-42(16-4-1)47-39-60(43-17-5-2-6-18-43)66-61(40-47)44-27-31-48(32-28-44)67-62-25-13-11-23-55(62)58-37-45(29-35-64(58)67)46-30-36-65-59(38-46)56-24-12-14-26-63(56)68(65)49-33-34-54-52-21-8-7-19-50(52)51-20-9-10-22-53(51)57(54)41-49/h1-41H. The molecule has 0 spiro atoms. The third-order valence-corrected chi connectivity index (χ3v) is 14.1. The summed E-state index contributed by atoms with van der Waals surface area (Å²) in [6, 6.07) is 90.5. The quantitative estimate of drug-likeness (QED) is 0.153. The highest BCUT2D eigenvalue weighted by molar-refractivity contribution is 6.25. The Morgan fingerprint density at radius 1 is 0.206 bits per heavy atom. The number of rotatable bonds is 6. The minimum atomic E-state index is 0.948. The summed E-state index contributed by atoms with van der Waals surface area (Å²) in [5, 5.41) is 12.6. The second kappa shape index (κ2) is 15.3. The lowest BCUT2D eigenvalue weighted by Gasteiger charge is -2.14. The number of hydrogen-bond donors (Lipinski definition) is 0. The van der Waals surface area contributed by atoms with Crippen LogP contribution in [0.25, 0.3) is 132 Å². The van der Waals surface area contributed by atoms with Gasteiger partial charge in [0, 0.05) is 44.0 Å². The van der Waals surface area contributed by atoms with Gasteiger partial charge in [-0.3, -0.25) is 0 Å². The molecule has 0 N–H and O–H groups in total. The van der Waals surface area contributed by atoms with E-state index in [0.29, 0.717) is 0 Å². The Morgan fingerprint density at radius 2 is 0.588 bits per heavy atom. The number of fused-ring (bicyclic) bond motifs is 12. The molecule has 0 fully saturated rings. The first kappa shape index (κ1) is 38.2. The molecule has 0 aliphatic rings. The van der Waals surface area contributed by atoms with E-state index in [9.17, 15) is 0 Å². The fraction of sp³-hybridized carbons (Fsp3) is 0. The van der Waals surface area contributed by atoms with Crippen LogP contribution in [0.5, 0.6) is 0 Å². The van der Waals surface area contributed by atoms with Gasteiger partial charge in [0.2, 0.25) is 0 Å². The Balaban J connectivity index is 0.866. The lowest BCUT2D eigenvalue weighted by atomic mass is 9.94. The van der Waals surface area contributed by atoms with Crippen LogP contribution < -0.4 is 0 Å². The predicted molar refractivity (Wildman–Crippen MR) is 287 cm³/mol. The molecule has 0 saturated carbocycles. The minimum Gasteiger partial charge on any atom is -0.309 e. The van der Waals surface area contributed by atoms with Gasteiger partial charge < -0.3 is 9.13 Å². The highest BCUT2D eigenvalue weighted by atomic mass is 15.0. The summed E-state index contributed by atoms with van der Waals surface area (Å²) >= 11 is 0. The van der Waals surface area contributed by atoms with Crippen LogP contribution in [0.1, 0.15) is 0 Å². The van der Waals surface area contributed by atoms with Crippen LogP contribution in [0.15, 0.2) is 249 Å². The fourth-order valence-electron chi connectivity index (χ4n) is 10.9. The Morgan fingerprint density at radius 3 is 1.13 bits per heavy atom. The Labute approximate surface area is 393 Å². The SMILES string of the molecule is c1ccc(-c2cc(-c3ccccc3)nc(-c3ccc(-n4c5ccccc5c5cc(-c6ccc7c(c6)c6ccccc6n7-c6ccc7c8ccccc8c8ccccc8c7c6)ccc54)cc3)c2)cc1. The smallest absolute Gasteiger partial charge is 0.0715 e. The van der Waals surface area contributed by atoms with Crippen molar-refractivity contribution in [1.29, 1.82) is 0 Å². The molecule has 0 aliphatic carbocycles. The van der Waals surface area contributed by atoms with Gasteiger partial charge in [-0.25, -0.2) is 4.98 Å². The number of para-hydroxylation sites is 2. The van der Waals surface area contributed by atoms with Crippen molar-refractivity contribution in [3.05, 3.63) is 249 Å². The third-order valence-electron chi connectivity index (χ3n) is 14.1. The molecular formula is C65H41N3. The number of benzene rings is 11. The van der Waals surface area contributed by atoms with Gasteiger partial charge in [-0.15, -0.1) is 0 Å². The largest absolute Gasteiger partial charge is 0.309 e. The topological polar surface area (TPSA) is 22.8 Å². The van der Waals surface area contributed by atoms with E-state index in [-0.39, 0.29) is 0 Å². The van der Waals surface area contributed by atoms with Crippen LogP contribution in [0.3, 0.4) is 0 Å². The molecule has 11 aromatic carbocycles. The number of pyridine rings is 1. The summed E-state index contributed by atoms with van der Waals surface area (Å²) < 4.78 is 4.84. The Hall–Kier alpha value is -9.05. The molecular weight excluding hydrogens is 823 g/mol. The number of aromatic nitrogens is 3. The molecule has 14 rings (SSSR count). The molecule has 0 atom stereocenters. The lowest BCUT2D eigenvalue weighted by molar-refractivity contribution is 1.18. The minimum absolute atomic E-state index is 0.948. The first-order chi connectivity index (χ1) is 33.7. The normalized spacial score (nSPS) is 11.8. The van der Waals surface area contributed by atoms with Crippen molar-refractivity contribution in [1.82, 2.24) is 14.1 Å². The van der Waals surface area contributed by atoms with Crippen LogP contribution in [0, 0.1) is 0 Å². The van der Waals surface area contributed by atoms with Gasteiger partial charge in [-0.2, -0.15) is 0 Å². The monoisotopic (exact) mass is 863 g/mol. The third kappa shape index (κ3) is 6.03. The van der Waals surface area contributed by atoms with Crippen molar-refractivity contribution >= 4 is 75.9 Å². The molecule has 68 heavy (non-hydrogen) atoms. The van der Waals surface area contributed by atoms with Crippen molar-refractivity contribution in [2.75, 3.05) is 0 Å². The first-order valence-electron chi connectivity index (χ1n) is 23.4. The zero-order valence-electron chi connectivity index (χ0n) is 37.0. The van der Waals surface area contributed by atoms with Crippen LogP contribution in [-0.2, 0) is 0 Å². The van der Waals surface area contributed by atoms with Gasteiger partial charge in [0.05, 0.1) is 33.5 Å². The number of hydrogen-bond acceptors (Lipinski definition) is 1. The zero-order valence-corrected chi connectivity index (χ0v) is 37.0. The molecule has 0 bridgehead atoms. The maximum absolute atomic E-state index is 5.20. The molecule has 3 aromatic heterocycles. The molecule has 0 radical (unpaired) electrons. The molecule has 0 unspecified atom stereocenters. The summed E-state index contributed by atoms with van der Waals surface area (Å²) in [6.07, 6.45) is 0. The predicted octanol–water partition coefficient (Wildman–Crippen LogP) is 17.4. The highest BCUT2D eigenvalue weighted by Gasteiger charge is 2.18. The first-order valence-corrected chi connectivity index (χ1v) is 23.4. The van der Waals surface area contributed by atoms with E-state index in [0.717, 1.165) is 39.5 Å². The summed E-state index contributed by atoms with van der Waals surface area (Å²) in [7, 11) is 0. The van der Waals surface area contributed by atoms with Crippen LogP contribution in [-0.4, -0.2) is 14.1 Å². The average molecular weight is 864 g/mol. The summed E-state index contributed by atoms with van der Waals surface area (Å²) in [5.41, 5.74) is 15.8. The van der Waals surface area contributed by atoms with E-state index in [2.05, 4.69) is 258 Å². The van der Waals surface area contributed by atoms with Crippen molar-refractivity contribution in [3.63, 3.8) is 0 Å². The maximum Gasteiger partial charge on any atom is 0.0715 e. The van der Waals surface area contributed by atoms with E-state index in [1.807, 2.05) is 0 Å². The molecule has 0 aliphatic heterocycles. The van der Waals surface area contributed by atoms with E-state index >= 15 is 0 Å². The van der Waals surface area contributed by atoms with Gasteiger partial charge in [0.25, 0.3) is 0 Å². The Bertz CT molecular complexity index is 4200. The van der Waals surface area contributed by atoms with Crippen LogP contribution in [0.2, 0.25) is 0 Å². The van der Waals surface area contributed by atoms with E-state index in [1.54, 1.807) is 0 Å². The van der Waals surface area contributed by atoms with Crippen molar-refractivity contribution < 1.29 is 0 Å². The van der Waals surface area contributed by atoms with Gasteiger partial charge in [-0.05, 0) is 127 Å². The zero-order chi connectivity index (χ0) is 44.7. The molecule has 3 heterocycles. The second-order valence-corrected chi connectivity index (χ2v) is 17.9. The molecule has 0 amide bonds. The van der Waals surface area contributed by atoms with Gasteiger partial charge in [0.15, 0.2) is 0 Å². The van der Waals surface area contributed by atoms with E-state index < -0.39 is 0 Å². The Kier molecular flexibility index (Phi) is 8.59. The van der Waals surface area contributed by atoms with Gasteiger partial charge in [-0.1, -0.05) is 176 Å².